The summed E-state index contributed by atoms with van der Waals surface area (Å²) in [6, 6.07) is 18.4. The molecule has 4 rings (SSSR count). The summed E-state index contributed by atoms with van der Waals surface area (Å²) in [5, 5.41) is 11.7. The van der Waals surface area contributed by atoms with Gasteiger partial charge in [0, 0.05) is 10.7 Å². The molecule has 5 nitrogen and oxygen atoms in total. The first-order valence-corrected chi connectivity index (χ1v) is 10.6. The van der Waals surface area contributed by atoms with Gasteiger partial charge in [0.05, 0.1) is 29.3 Å². The number of carbonyl (C=O) groups is 2. The van der Waals surface area contributed by atoms with Crippen LogP contribution in [0.4, 0.5) is 5.69 Å². The summed E-state index contributed by atoms with van der Waals surface area (Å²) in [4.78, 5) is 27.9. The summed E-state index contributed by atoms with van der Waals surface area (Å²) in [5.74, 6) is -1.79. The van der Waals surface area contributed by atoms with Crippen LogP contribution in [0.5, 0.6) is 5.75 Å². The largest absolute Gasteiger partial charge is 0.507 e. The van der Waals surface area contributed by atoms with E-state index < -0.39 is 23.5 Å². The number of ketones is 1. The van der Waals surface area contributed by atoms with Crippen molar-refractivity contribution < 1.29 is 19.4 Å². The fourth-order valence-electron chi connectivity index (χ4n) is 3.95. The number of hydrogen-bond donors (Lipinski definition) is 1. The standard InChI is InChI=1S/C25H19Cl2NO4/c1-14-8-6-7-11-19(14)28-21(15-9-4-3-5-10-15)20(23(30)25(28)31)22(29)17-12-16(26)13-18(27)24(17)32-2/h3-13,21,29H,1-2H3/b22-20+. The molecule has 1 N–H and O–H groups in total. The molecule has 0 saturated carbocycles. The van der Waals surface area contributed by atoms with Gasteiger partial charge >= 0.3 is 0 Å². The number of para-hydroxylation sites is 1. The SMILES string of the molecule is COc1c(Cl)cc(Cl)cc1/C(O)=C1\C(=O)C(=O)N(c2ccccc2C)C1c1ccccc1. The van der Waals surface area contributed by atoms with Gasteiger partial charge in [-0.3, -0.25) is 14.5 Å². The molecule has 1 heterocycles. The minimum Gasteiger partial charge on any atom is -0.507 e. The third-order valence-electron chi connectivity index (χ3n) is 5.40. The molecule has 0 spiro atoms. The van der Waals surface area contributed by atoms with Crippen LogP contribution < -0.4 is 9.64 Å². The molecule has 0 aliphatic carbocycles. The first-order chi connectivity index (χ1) is 15.3. The second-order valence-corrected chi connectivity index (χ2v) is 8.18. The van der Waals surface area contributed by atoms with Crippen LogP contribution in [0.25, 0.3) is 5.76 Å². The zero-order chi connectivity index (χ0) is 23.0. The third kappa shape index (κ3) is 3.64. The third-order valence-corrected chi connectivity index (χ3v) is 5.90. The number of aliphatic hydroxyl groups is 1. The number of amides is 1. The molecule has 3 aromatic rings. The van der Waals surface area contributed by atoms with E-state index in [9.17, 15) is 14.7 Å². The molecule has 32 heavy (non-hydrogen) atoms. The second kappa shape index (κ2) is 8.69. The smallest absolute Gasteiger partial charge is 0.300 e. The summed E-state index contributed by atoms with van der Waals surface area (Å²) in [6.07, 6.45) is 0. The predicted octanol–water partition coefficient (Wildman–Crippen LogP) is 5.94. The van der Waals surface area contributed by atoms with E-state index in [1.54, 1.807) is 24.3 Å². The molecule has 0 aromatic heterocycles. The Morgan fingerprint density at radius 3 is 2.31 bits per heavy atom. The summed E-state index contributed by atoms with van der Waals surface area (Å²) in [7, 11) is 1.40. The van der Waals surface area contributed by atoms with Gasteiger partial charge in [-0.15, -0.1) is 0 Å². The Bertz CT molecular complexity index is 1250. The maximum absolute atomic E-state index is 13.3. The first kappa shape index (κ1) is 21.9. The van der Waals surface area contributed by atoms with Crippen molar-refractivity contribution in [2.24, 2.45) is 0 Å². The zero-order valence-electron chi connectivity index (χ0n) is 17.3. The molecule has 1 atom stereocenters. The highest BCUT2D eigenvalue weighted by molar-refractivity contribution is 6.52. The zero-order valence-corrected chi connectivity index (χ0v) is 18.8. The first-order valence-electron chi connectivity index (χ1n) is 9.80. The Hall–Kier alpha value is -3.28. The van der Waals surface area contributed by atoms with Gasteiger partial charge in [0.25, 0.3) is 11.7 Å². The van der Waals surface area contributed by atoms with Gasteiger partial charge in [-0.05, 0) is 36.2 Å². The molecule has 1 aliphatic heterocycles. The quantitative estimate of drug-likeness (QED) is 0.293. The molecule has 3 aromatic carbocycles. The van der Waals surface area contributed by atoms with E-state index in [0.29, 0.717) is 11.3 Å². The summed E-state index contributed by atoms with van der Waals surface area (Å²) < 4.78 is 5.35. The molecule has 7 heteroatoms. The number of Topliss-reactive ketones (excluding diaryl/α,β-unsaturated/α-hetero) is 1. The highest BCUT2D eigenvalue weighted by Gasteiger charge is 2.47. The van der Waals surface area contributed by atoms with Crippen molar-refractivity contribution in [2.45, 2.75) is 13.0 Å². The Labute approximate surface area is 195 Å². The fraction of sp³-hybridized carbons (Fsp3) is 0.120. The number of aryl methyl sites for hydroxylation is 1. The lowest BCUT2D eigenvalue weighted by Crippen LogP contribution is -2.30. The van der Waals surface area contributed by atoms with Crippen LogP contribution >= 0.6 is 23.2 Å². The van der Waals surface area contributed by atoms with E-state index in [2.05, 4.69) is 0 Å². The number of halogens is 2. The molecule has 1 amide bonds. The summed E-state index contributed by atoms with van der Waals surface area (Å²) in [6.45, 7) is 1.86. The maximum Gasteiger partial charge on any atom is 0.300 e. The number of benzene rings is 3. The highest BCUT2D eigenvalue weighted by Crippen LogP contribution is 2.45. The van der Waals surface area contributed by atoms with E-state index in [0.717, 1.165) is 5.56 Å². The van der Waals surface area contributed by atoms with Crippen LogP contribution in [0.1, 0.15) is 22.7 Å². The van der Waals surface area contributed by atoms with Gasteiger partial charge in [0.15, 0.2) is 0 Å². The van der Waals surface area contributed by atoms with Gasteiger partial charge in [0.1, 0.15) is 11.5 Å². The Kier molecular flexibility index (Phi) is 5.96. The molecule has 0 radical (unpaired) electrons. The van der Waals surface area contributed by atoms with Gasteiger partial charge in [0.2, 0.25) is 0 Å². The van der Waals surface area contributed by atoms with Gasteiger partial charge in [-0.25, -0.2) is 0 Å². The van der Waals surface area contributed by atoms with E-state index in [-0.39, 0.29) is 26.9 Å². The molecule has 0 bridgehead atoms. The Morgan fingerprint density at radius 2 is 1.66 bits per heavy atom. The number of methoxy groups -OCH3 is 1. The minimum absolute atomic E-state index is 0.0684. The Balaban J connectivity index is 2.02. The molecule has 1 unspecified atom stereocenters. The average Bonchev–Trinajstić information content (AvgIpc) is 3.04. The predicted molar refractivity (Wildman–Crippen MR) is 125 cm³/mol. The van der Waals surface area contributed by atoms with Crippen molar-refractivity contribution in [2.75, 3.05) is 12.0 Å². The molecular weight excluding hydrogens is 449 g/mol. The van der Waals surface area contributed by atoms with Crippen molar-refractivity contribution in [1.29, 1.82) is 0 Å². The van der Waals surface area contributed by atoms with Gasteiger partial charge in [-0.1, -0.05) is 71.7 Å². The number of ether oxygens (including phenoxy) is 1. The summed E-state index contributed by atoms with van der Waals surface area (Å²) >= 11 is 12.4. The second-order valence-electron chi connectivity index (χ2n) is 7.33. The lowest BCUT2D eigenvalue weighted by atomic mass is 9.94. The van der Waals surface area contributed by atoms with E-state index >= 15 is 0 Å². The number of aliphatic hydroxyl groups excluding tert-OH is 1. The number of anilines is 1. The fourth-order valence-corrected chi connectivity index (χ4v) is 4.52. The highest BCUT2D eigenvalue weighted by atomic mass is 35.5. The van der Waals surface area contributed by atoms with Gasteiger partial charge in [-0.2, -0.15) is 0 Å². The number of carbonyl (C=O) groups excluding carboxylic acids is 2. The van der Waals surface area contributed by atoms with Crippen molar-refractivity contribution in [3.05, 3.63) is 99.0 Å². The summed E-state index contributed by atoms with van der Waals surface area (Å²) in [5.41, 5.74) is 2.13. The number of nitrogens with zero attached hydrogens (tertiary/aromatic N) is 1. The van der Waals surface area contributed by atoms with Crippen LogP contribution in [0.2, 0.25) is 10.0 Å². The average molecular weight is 468 g/mol. The van der Waals surface area contributed by atoms with Crippen molar-refractivity contribution in [1.82, 2.24) is 0 Å². The van der Waals surface area contributed by atoms with Crippen LogP contribution in [0.3, 0.4) is 0 Å². The number of rotatable bonds is 4. The van der Waals surface area contributed by atoms with Crippen molar-refractivity contribution in [3.8, 4) is 5.75 Å². The van der Waals surface area contributed by atoms with Crippen LogP contribution in [0, 0.1) is 6.92 Å². The number of hydrogen-bond acceptors (Lipinski definition) is 4. The monoisotopic (exact) mass is 467 g/mol. The molecular formula is C25H19Cl2NO4. The van der Waals surface area contributed by atoms with Crippen LogP contribution in [-0.2, 0) is 9.59 Å². The Morgan fingerprint density at radius 1 is 1.00 bits per heavy atom. The van der Waals surface area contributed by atoms with E-state index in [1.165, 1.54) is 24.1 Å². The molecule has 1 saturated heterocycles. The van der Waals surface area contributed by atoms with E-state index in [1.807, 2.05) is 37.3 Å². The minimum atomic E-state index is -0.847. The van der Waals surface area contributed by atoms with E-state index in [4.69, 9.17) is 27.9 Å². The van der Waals surface area contributed by atoms with Crippen LogP contribution in [0.15, 0.2) is 72.3 Å². The molecule has 1 aliphatic rings. The normalized spacial score (nSPS) is 17.6. The van der Waals surface area contributed by atoms with Crippen molar-refractivity contribution in [3.63, 3.8) is 0 Å². The van der Waals surface area contributed by atoms with Gasteiger partial charge < -0.3 is 9.84 Å². The maximum atomic E-state index is 13.3. The lowest BCUT2D eigenvalue weighted by Gasteiger charge is -2.27. The molecule has 162 valence electrons. The lowest BCUT2D eigenvalue weighted by molar-refractivity contribution is -0.132. The van der Waals surface area contributed by atoms with Crippen LogP contribution in [-0.4, -0.2) is 23.9 Å². The molecule has 1 fully saturated rings. The topological polar surface area (TPSA) is 66.8 Å². The van der Waals surface area contributed by atoms with Crippen molar-refractivity contribution >= 4 is 46.3 Å².